The van der Waals surface area contributed by atoms with Gasteiger partial charge in [-0.25, -0.2) is 0 Å². The summed E-state index contributed by atoms with van der Waals surface area (Å²) >= 11 is 0. The number of aryl methyl sites for hydroxylation is 6. The van der Waals surface area contributed by atoms with E-state index in [1.165, 1.54) is 54.9 Å². The van der Waals surface area contributed by atoms with E-state index in [-0.39, 0.29) is 51.0 Å². The Balaban J connectivity index is 0.00000121. The molecule has 4 rings (SSSR count). The number of halogens is 2. The molecule has 3 heteroatoms. The maximum Gasteiger partial charge on any atom is 4.00 e. The largest absolute Gasteiger partial charge is 4.00 e. The van der Waals surface area contributed by atoms with Crippen molar-refractivity contribution in [1.82, 2.24) is 0 Å². The van der Waals surface area contributed by atoms with Crippen LogP contribution in [0.2, 0.25) is 0 Å². The first-order chi connectivity index (χ1) is 11.6. The van der Waals surface area contributed by atoms with E-state index in [4.69, 9.17) is 0 Å². The summed E-state index contributed by atoms with van der Waals surface area (Å²) in [5.74, 6) is 0. The summed E-state index contributed by atoms with van der Waals surface area (Å²) < 4.78 is 0. The van der Waals surface area contributed by atoms with Crippen LogP contribution >= 0.6 is 0 Å². The van der Waals surface area contributed by atoms with Gasteiger partial charge < -0.3 is 24.8 Å². The third-order valence-electron chi connectivity index (χ3n) is 5.71. The average Bonchev–Trinajstić information content (AvgIpc) is 3.03. The Hall–Kier alpha value is -0.877. The molecule has 0 aliphatic rings. The van der Waals surface area contributed by atoms with E-state index in [9.17, 15) is 0 Å². The number of benzene rings is 2. The molecule has 0 aliphatic heterocycles. The van der Waals surface area contributed by atoms with Crippen LogP contribution in [0.15, 0.2) is 48.5 Å². The first-order valence-corrected chi connectivity index (χ1v) is 8.85. The molecule has 4 aromatic carbocycles. The monoisotopic (exact) mass is 472 g/mol. The third kappa shape index (κ3) is 4.26. The SMILES string of the molecule is Cc1[cH-]c2cccc(CCc3cccc4[cH-]c(C)c(C)c34)c2c1C.[Cl-].[Cl-].[Zr+4]. The fourth-order valence-corrected chi connectivity index (χ4v) is 4.16. The van der Waals surface area contributed by atoms with Crippen LogP contribution in [0.1, 0.15) is 33.4 Å². The second-order valence-corrected chi connectivity index (χ2v) is 7.17. The summed E-state index contributed by atoms with van der Waals surface area (Å²) in [7, 11) is 0. The zero-order valence-electron chi connectivity index (χ0n) is 16.3. The number of hydrogen-bond donors (Lipinski definition) is 0. The minimum Gasteiger partial charge on any atom is -1.00 e. The van der Waals surface area contributed by atoms with Gasteiger partial charge in [-0.15, -0.1) is 69.1 Å². The Morgan fingerprint density at radius 2 is 1.00 bits per heavy atom. The Morgan fingerprint density at radius 1 is 0.630 bits per heavy atom. The van der Waals surface area contributed by atoms with E-state index < -0.39 is 0 Å². The molecule has 0 fully saturated rings. The Labute approximate surface area is 194 Å². The summed E-state index contributed by atoms with van der Waals surface area (Å²) in [4.78, 5) is 0. The van der Waals surface area contributed by atoms with Crippen LogP contribution in [0.3, 0.4) is 0 Å². The van der Waals surface area contributed by atoms with Crippen LogP contribution in [0, 0.1) is 27.7 Å². The molecule has 0 saturated heterocycles. The van der Waals surface area contributed by atoms with Crippen molar-refractivity contribution in [2.24, 2.45) is 0 Å². The molecule has 0 heterocycles. The maximum absolute atomic E-state index is 2.32. The standard InChI is InChI=1S/C24H24.2ClH.Zr/c1-15-13-21-9-5-7-19(23(21)17(15)3)11-12-20-8-6-10-22-14-16(2)18(4)24(20)22;;;/h5-10,13-14H,11-12H2,1-4H3;2*1H;/q-2;;;+4/p-2. The quantitative estimate of drug-likeness (QED) is 0.379. The molecule has 4 aromatic rings. The number of fused-ring (bicyclic) bond motifs is 2. The van der Waals surface area contributed by atoms with Crippen molar-refractivity contribution in [2.75, 3.05) is 0 Å². The molecule has 0 spiro atoms. The molecular formula is C24H24Cl2Zr. The number of rotatable bonds is 3. The second-order valence-electron chi connectivity index (χ2n) is 7.17. The van der Waals surface area contributed by atoms with Gasteiger partial charge in [0.2, 0.25) is 0 Å². The average molecular weight is 475 g/mol. The van der Waals surface area contributed by atoms with Gasteiger partial charge in [0, 0.05) is 0 Å². The molecule has 0 saturated carbocycles. The van der Waals surface area contributed by atoms with E-state index in [0.717, 1.165) is 12.8 Å². The smallest absolute Gasteiger partial charge is 1.00 e. The fraction of sp³-hybridized carbons (Fsp3) is 0.250. The van der Waals surface area contributed by atoms with Crippen LogP contribution in [-0.2, 0) is 39.0 Å². The van der Waals surface area contributed by atoms with Crippen molar-refractivity contribution in [3.63, 3.8) is 0 Å². The molecule has 0 amide bonds. The summed E-state index contributed by atoms with van der Waals surface area (Å²) in [5, 5.41) is 5.72. The van der Waals surface area contributed by atoms with Crippen molar-refractivity contribution in [3.05, 3.63) is 81.9 Å². The molecule has 0 atom stereocenters. The van der Waals surface area contributed by atoms with Crippen LogP contribution in [0.25, 0.3) is 21.5 Å². The molecule has 0 N–H and O–H groups in total. The molecule has 0 unspecified atom stereocenters. The van der Waals surface area contributed by atoms with E-state index in [1.54, 1.807) is 0 Å². The van der Waals surface area contributed by atoms with Gasteiger partial charge >= 0.3 is 26.2 Å². The molecule has 0 aliphatic carbocycles. The predicted octanol–water partition coefficient (Wildman–Crippen LogP) is 0.455. The molecule has 0 bridgehead atoms. The van der Waals surface area contributed by atoms with Gasteiger partial charge in [0.25, 0.3) is 0 Å². The molecule has 0 radical (unpaired) electrons. The van der Waals surface area contributed by atoms with Crippen LogP contribution in [0.4, 0.5) is 0 Å². The minimum atomic E-state index is 0. The normalized spacial score (nSPS) is 10.4. The van der Waals surface area contributed by atoms with Gasteiger partial charge in [-0.2, -0.15) is 11.1 Å². The summed E-state index contributed by atoms with van der Waals surface area (Å²) in [6.07, 6.45) is 2.20. The second kappa shape index (κ2) is 9.55. The topological polar surface area (TPSA) is 0 Å². The van der Waals surface area contributed by atoms with E-state index in [2.05, 4.69) is 76.2 Å². The fourth-order valence-electron chi connectivity index (χ4n) is 4.16. The van der Waals surface area contributed by atoms with Gasteiger partial charge in [-0.3, -0.25) is 0 Å². The Kier molecular flexibility index (Phi) is 8.55. The molecular weight excluding hydrogens is 450 g/mol. The Morgan fingerprint density at radius 3 is 1.37 bits per heavy atom. The van der Waals surface area contributed by atoms with Crippen molar-refractivity contribution in [1.29, 1.82) is 0 Å². The zero-order chi connectivity index (χ0) is 16.8. The Bertz CT molecular complexity index is 967. The summed E-state index contributed by atoms with van der Waals surface area (Å²) in [6.45, 7) is 8.95. The molecule has 138 valence electrons. The van der Waals surface area contributed by atoms with Crippen molar-refractivity contribution >= 4 is 21.5 Å². The molecule has 27 heavy (non-hydrogen) atoms. The van der Waals surface area contributed by atoms with Gasteiger partial charge in [-0.1, -0.05) is 51.0 Å². The van der Waals surface area contributed by atoms with Crippen molar-refractivity contribution < 1.29 is 51.0 Å². The van der Waals surface area contributed by atoms with Crippen LogP contribution < -0.4 is 24.8 Å². The summed E-state index contributed by atoms with van der Waals surface area (Å²) in [6, 6.07) is 18.1. The summed E-state index contributed by atoms with van der Waals surface area (Å²) in [5.41, 5.74) is 8.66. The number of hydrogen-bond acceptors (Lipinski definition) is 0. The molecule has 0 nitrogen and oxygen atoms in total. The van der Waals surface area contributed by atoms with Gasteiger partial charge in [0.15, 0.2) is 0 Å². The van der Waals surface area contributed by atoms with E-state index >= 15 is 0 Å². The van der Waals surface area contributed by atoms with Crippen LogP contribution in [-0.4, -0.2) is 0 Å². The van der Waals surface area contributed by atoms with Gasteiger partial charge in [0.05, 0.1) is 0 Å². The predicted molar refractivity (Wildman–Crippen MR) is 105 cm³/mol. The first-order valence-electron chi connectivity index (χ1n) is 8.85. The third-order valence-corrected chi connectivity index (χ3v) is 5.71. The van der Waals surface area contributed by atoms with E-state index in [1.807, 2.05) is 0 Å². The zero-order valence-corrected chi connectivity index (χ0v) is 20.3. The molecule has 0 aromatic heterocycles. The van der Waals surface area contributed by atoms with Crippen molar-refractivity contribution in [2.45, 2.75) is 40.5 Å². The minimum absolute atomic E-state index is 0. The van der Waals surface area contributed by atoms with Gasteiger partial charge in [-0.05, 0) is 12.8 Å². The van der Waals surface area contributed by atoms with E-state index in [0.29, 0.717) is 0 Å². The van der Waals surface area contributed by atoms with Crippen molar-refractivity contribution in [3.8, 4) is 0 Å². The van der Waals surface area contributed by atoms with Crippen LogP contribution in [0.5, 0.6) is 0 Å². The maximum atomic E-state index is 2.32. The van der Waals surface area contributed by atoms with Gasteiger partial charge in [0.1, 0.15) is 0 Å². The first kappa shape index (κ1) is 24.2.